The van der Waals surface area contributed by atoms with Crippen LogP contribution >= 0.6 is 15.9 Å². The molecule has 84 valence electrons. The maximum absolute atomic E-state index is 13.0. The van der Waals surface area contributed by atoms with Crippen molar-refractivity contribution in [3.05, 3.63) is 28.5 Å². The van der Waals surface area contributed by atoms with E-state index >= 15 is 0 Å². The van der Waals surface area contributed by atoms with Crippen LogP contribution in [-0.2, 0) is 10.0 Å². The molecule has 2 N–H and O–H groups in total. The van der Waals surface area contributed by atoms with E-state index in [1.165, 1.54) is 12.1 Å². The van der Waals surface area contributed by atoms with E-state index in [0.29, 0.717) is 4.47 Å². The Labute approximate surface area is 95.4 Å². The third-order valence-electron chi connectivity index (χ3n) is 1.53. The van der Waals surface area contributed by atoms with Gasteiger partial charge in [-0.1, -0.05) is 0 Å². The second-order valence-electron chi connectivity index (χ2n) is 2.79. The molecule has 0 bridgehead atoms. The molecule has 0 amide bonds. The van der Waals surface area contributed by atoms with Gasteiger partial charge in [0.1, 0.15) is 18.2 Å². The first-order chi connectivity index (χ1) is 6.88. The van der Waals surface area contributed by atoms with Crippen molar-refractivity contribution in [1.82, 2.24) is 0 Å². The summed E-state index contributed by atoms with van der Waals surface area (Å²) in [6.45, 7) is -0.0973. The smallest absolute Gasteiger partial charge is 0.212 e. The maximum atomic E-state index is 13.0. The quantitative estimate of drug-likeness (QED) is 0.909. The Bertz CT molecular complexity index is 449. The summed E-state index contributed by atoms with van der Waals surface area (Å²) in [7, 11) is -3.54. The van der Waals surface area contributed by atoms with Crippen molar-refractivity contribution in [3.8, 4) is 5.75 Å². The van der Waals surface area contributed by atoms with E-state index in [0.717, 1.165) is 6.07 Å². The van der Waals surface area contributed by atoms with Gasteiger partial charge in [-0.2, -0.15) is 0 Å². The molecule has 0 unspecified atom stereocenters. The van der Waals surface area contributed by atoms with Gasteiger partial charge >= 0.3 is 0 Å². The molecule has 7 heteroatoms. The van der Waals surface area contributed by atoms with E-state index in [1.807, 2.05) is 0 Å². The van der Waals surface area contributed by atoms with E-state index < -0.39 is 15.8 Å². The highest BCUT2D eigenvalue weighted by Crippen LogP contribution is 2.20. The third-order valence-corrected chi connectivity index (χ3v) is 2.91. The van der Waals surface area contributed by atoms with Gasteiger partial charge in [-0.25, -0.2) is 17.9 Å². The van der Waals surface area contributed by atoms with Crippen LogP contribution in [0, 0.1) is 5.82 Å². The SMILES string of the molecule is NS(=O)(=O)CCOc1ccc(Br)c(F)c1. The fourth-order valence-electron chi connectivity index (χ4n) is 0.842. The van der Waals surface area contributed by atoms with Crippen LogP contribution < -0.4 is 9.88 Å². The molecule has 1 aromatic rings. The summed E-state index contributed by atoms with van der Waals surface area (Å²) in [5, 5.41) is 4.76. The van der Waals surface area contributed by atoms with Gasteiger partial charge in [0.25, 0.3) is 0 Å². The number of nitrogens with two attached hydrogens (primary N) is 1. The molecule has 15 heavy (non-hydrogen) atoms. The minimum atomic E-state index is -3.54. The van der Waals surface area contributed by atoms with Gasteiger partial charge in [0.15, 0.2) is 0 Å². The van der Waals surface area contributed by atoms with E-state index in [-0.39, 0.29) is 18.1 Å². The van der Waals surface area contributed by atoms with Crippen molar-refractivity contribution in [1.29, 1.82) is 0 Å². The van der Waals surface area contributed by atoms with Crippen molar-refractivity contribution in [2.75, 3.05) is 12.4 Å². The van der Waals surface area contributed by atoms with Gasteiger partial charge < -0.3 is 4.74 Å². The second-order valence-corrected chi connectivity index (χ2v) is 5.38. The molecule has 0 radical (unpaired) electrons. The van der Waals surface area contributed by atoms with Gasteiger partial charge in [-0.05, 0) is 28.1 Å². The topological polar surface area (TPSA) is 69.4 Å². The molecule has 0 aromatic heterocycles. The largest absolute Gasteiger partial charge is 0.492 e. The minimum absolute atomic E-state index is 0.0973. The molecular formula is C8H9BrFNO3S. The fourth-order valence-corrected chi connectivity index (χ4v) is 1.40. The number of ether oxygens (including phenoxy) is 1. The van der Waals surface area contributed by atoms with Crippen molar-refractivity contribution in [2.45, 2.75) is 0 Å². The molecule has 0 saturated carbocycles. The Morgan fingerprint density at radius 1 is 1.47 bits per heavy atom. The van der Waals surface area contributed by atoms with E-state index in [2.05, 4.69) is 15.9 Å². The van der Waals surface area contributed by atoms with Crippen molar-refractivity contribution >= 4 is 26.0 Å². The summed E-state index contributed by atoms with van der Waals surface area (Å²) < 4.78 is 39.4. The predicted octanol–water partition coefficient (Wildman–Crippen LogP) is 1.26. The molecule has 0 spiro atoms. The summed E-state index contributed by atoms with van der Waals surface area (Å²) in [5.74, 6) is -0.507. The van der Waals surface area contributed by atoms with Crippen LogP contribution in [0.5, 0.6) is 5.75 Å². The summed E-state index contributed by atoms with van der Waals surface area (Å²) >= 11 is 2.98. The van der Waals surface area contributed by atoms with E-state index in [1.54, 1.807) is 0 Å². The van der Waals surface area contributed by atoms with Crippen molar-refractivity contribution in [3.63, 3.8) is 0 Å². The Balaban J connectivity index is 2.55. The van der Waals surface area contributed by atoms with Crippen LogP contribution in [0.15, 0.2) is 22.7 Å². The van der Waals surface area contributed by atoms with Gasteiger partial charge in [-0.3, -0.25) is 0 Å². The molecular weight excluding hydrogens is 289 g/mol. The lowest BCUT2D eigenvalue weighted by molar-refractivity contribution is 0.339. The fraction of sp³-hybridized carbons (Fsp3) is 0.250. The van der Waals surface area contributed by atoms with Gasteiger partial charge in [0.2, 0.25) is 10.0 Å². The van der Waals surface area contributed by atoms with Crippen molar-refractivity contribution < 1.29 is 17.5 Å². The lowest BCUT2D eigenvalue weighted by atomic mass is 10.3. The molecule has 1 rings (SSSR count). The molecule has 0 saturated heterocycles. The monoisotopic (exact) mass is 297 g/mol. The van der Waals surface area contributed by atoms with Crippen molar-refractivity contribution in [2.24, 2.45) is 5.14 Å². The van der Waals surface area contributed by atoms with Gasteiger partial charge in [0, 0.05) is 6.07 Å². The molecule has 4 nitrogen and oxygen atoms in total. The lowest BCUT2D eigenvalue weighted by Crippen LogP contribution is -2.21. The molecule has 1 aromatic carbocycles. The van der Waals surface area contributed by atoms with Crippen LogP contribution in [0.4, 0.5) is 4.39 Å². The molecule has 0 aliphatic carbocycles. The van der Waals surface area contributed by atoms with Crippen LogP contribution in [0.2, 0.25) is 0 Å². The Hall–Kier alpha value is -0.660. The van der Waals surface area contributed by atoms with Crippen LogP contribution in [0.1, 0.15) is 0 Å². The highest BCUT2D eigenvalue weighted by Gasteiger charge is 2.04. The number of primary sulfonamides is 1. The molecule has 0 fully saturated rings. The van der Waals surface area contributed by atoms with Crippen LogP contribution in [-0.4, -0.2) is 20.8 Å². The summed E-state index contributed by atoms with van der Waals surface area (Å²) in [6.07, 6.45) is 0. The molecule has 0 heterocycles. The molecule has 0 aliphatic rings. The van der Waals surface area contributed by atoms with E-state index in [4.69, 9.17) is 9.88 Å². The van der Waals surface area contributed by atoms with E-state index in [9.17, 15) is 12.8 Å². The number of rotatable bonds is 4. The van der Waals surface area contributed by atoms with Crippen LogP contribution in [0.3, 0.4) is 0 Å². The number of hydrogen-bond acceptors (Lipinski definition) is 3. The normalized spacial score (nSPS) is 11.4. The first-order valence-corrected chi connectivity index (χ1v) is 6.47. The molecule has 0 aliphatic heterocycles. The highest BCUT2D eigenvalue weighted by atomic mass is 79.9. The minimum Gasteiger partial charge on any atom is -0.492 e. The lowest BCUT2D eigenvalue weighted by Gasteiger charge is -2.05. The summed E-state index contributed by atoms with van der Waals surface area (Å²) in [5.41, 5.74) is 0. The first kappa shape index (κ1) is 12.4. The second kappa shape index (κ2) is 4.91. The Morgan fingerprint density at radius 3 is 2.67 bits per heavy atom. The average Bonchev–Trinajstić information content (AvgIpc) is 2.09. The zero-order valence-corrected chi connectivity index (χ0v) is 10.0. The molecule has 0 atom stereocenters. The first-order valence-electron chi connectivity index (χ1n) is 3.97. The Morgan fingerprint density at radius 2 is 2.13 bits per heavy atom. The standard InChI is InChI=1S/C8H9BrFNO3S/c9-7-2-1-6(5-8(7)10)14-3-4-15(11,12)13/h1-2,5H,3-4H2,(H2,11,12,13). The zero-order chi connectivity index (χ0) is 11.5. The summed E-state index contributed by atoms with van der Waals surface area (Å²) in [4.78, 5) is 0. The Kier molecular flexibility index (Phi) is 4.06. The van der Waals surface area contributed by atoms with Crippen LogP contribution in [0.25, 0.3) is 0 Å². The average molecular weight is 298 g/mol. The number of sulfonamides is 1. The van der Waals surface area contributed by atoms with Gasteiger partial charge in [0.05, 0.1) is 10.2 Å². The third kappa shape index (κ3) is 4.59. The summed E-state index contributed by atoms with van der Waals surface area (Å²) in [6, 6.07) is 4.16. The highest BCUT2D eigenvalue weighted by molar-refractivity contribution is 9.10. The maximum Gasteiger partial charge on any atom is 0.212 e. The predicted molar refractivity (Wildman–Crippen MR) is 57.6 cm³/mol. The number of benzene rings is 1. The zero-order valence-electron chi connectivity index (χ0n) is 7.61. The number of halogens is 2. The number of hydrogen-bond donors (Lipinski definition) is 1. The van der Waals surface area contributed by atoms with Gasteiger partial charge in [-0.15, -0.1) is 0 Å².